The molecule has 0 aromatic rings. The van der Waals surface area contributed by atoms with E-state index in [4.69, 9.17) is 20.9 Å². The van der Waals surface area contributed by atoms with Gasteiger partial charge in [0.2, 0.25) is 0 Å². The van der Waals surface area contributed by atoms with Crippen LogP contribution in [-0.4, -0.2) is 49.7 Å². The van der Waals surface area contributed by atoms with Crippen LogP contribution in [0.1, 0.15) is 6.42 Å². The molecule has 1 aliphatic carbocycles. The fourth-order valence-electron chi connectivity index (χ4n) is 1.90. The van der Waals surface area contributed by atoms with Gasteiger partial charge in [-0.2, -0.15) is 0 Å². The van der Waals surface area contributed by atoms with Crippen LogP contribution in [0.25, 0.3) is 0 Å². The second-order valence-electron chi connectivity index (χ2n) is 3.45. The summed E-state index contributed by atoms with van der Waals surface area (Å²) in [7, 11) is 3.05. The Balaban J connectivity index is 2.69. The quantitative estimate of drug-likeness (QED) is 0.489. The van der Waals surface area contributed by atoms with Crippen molar-refractivity contribution in [3.05, 3.63) is 0 Å². The smallest absolute Gasteiger partial charge is 0.109 e. The lowest BCUT2D eigenvalue weighted by Crippen LogP contribution is -2.62. The Morgan fingerprint density at radius 1 is 1.08 bits per heavy atom. The first-order chi connectivity index (χ1) is 6.11. The third-order valence-corrected chi connectivity index (χ3v) is 2.61. The molecule has 0 aliphatic heterocycles. The highest BCUT2D eigenvalue weighted by atomic mass is 16.5. The summed E-state index contributed by atoms with van der Waals surface area (Å²) in [6.45, 7) is 0. The molecular weight excluding hydrogens is 172 g/mol. The zero-order valence-electron chi connectivity index (χ0n) is 8.01. The Morgan fingerprint density at radius 3 is 1.77 bits per heavy atom. The van der Waals surface area contributed by atoms with Gasteiger partial charge < -0.3 is 26.0 Å². The highest BCUT2D eigenvalue weighted by Gasteiger charge is 2.41. The molecule has 0 aromatic heterocycles. The maximum atomic E-state index is 9.76. The number of aliphatic hydroxyl groups excluding tert-OH is 1. The van der Waals surface area contributed by atoms with Crippen molar-refractivity contribution in [3.63, 3.8) is 0 Å². The normalized spacial score (nSPS) is 46.4. The standard InChI is InChI=1S/C8H18N2O3/c1-12-7-4(9)3-5(10)8(13-2)6(7)11/h4-8,11H,3,9-10H2,1-2H3/t4-,5+,6?,7+,8-. The summed E-state index contributed by atoms with van der Waals surface area (Å²) in [5.74, 6) is 0. The van der Waals surface area contributed by atoms with Crippen LogP contribution >= 0.6 is 0 Å². The number of hydrogen-bond donors (Lipinski definition) is 3. The number of hydrogen-bond acceptors (Lipinski definition) is 5. The molecule has 0 spiro atoms. The van der Waals surface area contributed by atoms with Gasteiger partial charge in [-0.05, 0) is 6.42 Å². The summed E-state index contributed by atoms with van der Waals surface area (Å²) in [6.07, 6.45) is -0.906. The first kappa shape index (κ1) is 10.9. The van der Waals surface area contributed by atoms with E-state index < -0.39 is 6.10 Å². The molecule has 5 heteroatoms. The van der Waals surface area contributed by atoms with Gasteiger partial charge in [0.1, 0.15) is 18.3 Å². The molecule has 0 heterocycles. The van der Waals surface area contributed by atoms with E-state index in [9.17, 15) is 5.11 Å². The minimum atomic E-state index is -0.742. The van der Waals surface area contributed by atoms with Gasteiger partial charge in [-0.3, -0.25) is 0 Å². The fraction of sp³-hybridized carbons (Fsp3) is 1.00. The van der Waals surface area contributed by atoms with Crippen LogP contribution < -0.4 is 11.5 Å². The molecule has 5 atom stereocenters. The molecule has 78 valence electrons. The van der Waals surface area contributed by atoms with Gasteiger partial charge in [-0.15, -0.1) is 0 Å². The average Bonchev–Trinajstić information content (AvgIpc) is 2.04. The summed E-state index contributed by atoms with van der Waals surface area (Å²) in [4.78, 5) is 0. The highest BCUT2D eigenvalue weighted by Crippen LogP contribution is 2.21. The van der Waals surface area contributed by atoms with Gasteiger partial charge in [-0.1, -0.05) is 0 Å². The highest BCUT2D eigenvalue weighted by molar-refractivity contribution is 4.98. The van der Waals surface area contributed by atoms with Crippen molar-refractivity contribution in [1.29, 1.82) is 0 Å². The molecule has 0 bridgehead atoms. The van der Waals surface area contributed by atoms with Crippen molar-refractivity contribution in [2.75, 3.05) is 14.2 Å². The average molecular weight is 190 g/mol. The van der Waals surface area contributed by atoms with E-state index in [-0.39, 0.29) is 24.3 Å². The maximum absolute atomic E-state index is 9.76. The molecule has 0 saturated heterocycles. The van der Waals surface area contributed by atoms with Crippen molar-refractivity contribution in [1.82, 2.24) is 0 Å². The number of rotatable bonds is 2. The van der Waals surface area contributed by atoms with E-state index in [1.54, 1.807) is 0 Å². The lowest BCUT2D eigenvalue weighted by molar-refractivity contribution is -0.126. The van der Waals surface area contributed by atoms with Crippen LogP contribution in [0.5, 0.6) is 0 Å². The molecule has 5 nitrogen and oxygen atoms in total. The third-order valence-electron chi connectivity index (χ3n) is 2.61. The molecule has 0 radical (unpaired) electrons. The van der Waals surface area contributed by atoms with Crippen LogP contribution in [0, 0.1) is 0 Å². The van der Waals surface area contributed by atoms with Crippen molar-refractivity contribution in [3.8, 4) is 0 Å². The Kier molecular flexibility index (Phi) is 3.63. The van der Waals surface area contributed by atoms with E-state index in [1.165, 1.54) is 14.2 Å². The van der Waals surface area contributed by atoms with Crippen molar-refractivity contribution in [2.45, 2.75) is 36.8 Å². The molecule has 5 N–H and O–H groups in total. The lowest BCUT2D eigenvalue weighted by atomic mass is 9.84. The Bertz CT molecular complexity index is 151. The zero-order chi connectivity index (χ0) is 10.0. The number of nitrogens with two attached hydrogens (primary N) is 2. The van der Waals surface area contributed by atoms with E-state index in [0.29, 0.717) is 6.42 Å². The predicted octanol–water partition coefficient (Wildman–Crippen LogP) is -1.56. The van der Waals surface area contributed by atoms with Gasteiger partial charge in [0.15, 0.2) is 0 Å². The van der Waals surface area contributed by atoms with Gasteiger partial charge in [0, 0.05) is 26.3 Å². The summed E-state index contributed by atoms with van der Waals surface area (Å²) in [6, 6.07) is -0.442. The Labute approximate surface area is 78.0 Å². The molecule has 0 amide bonds. The van der Waals surface area contributed by atoms with Gasteiger partial charge in [0.25, 0.3) is 0 Å². The molecule has 1 aliphatic rings. The topological polar surface area (TPSA) is 90.7 Å². The molecule has 1 saturated carbocycles. The van der Waals surface area contributed by atoms with Crippen LogP contribution in [0.4, 0.5) is 0 Å². The summed E-state index contributed by atoms with van der Waals surface area (Å²) < 4.78 is 10.2. The second kappa shape index (κ2) is 4.34. The minimum absolute atomic E-state index is 0.221. The predicted molar refractivity (Wildman–Crippen MR) is 48.2 cm³/mol. The van der Waals surface area contributed by atoms with E-state index in [0.717, 1.165) is 0 Å². The van der Waals surface area contributed by atoms with E-state index >= 15 is 0 Å². The van der Waals surface area contributed by atoms with Crippen LogP contribution in [0.3, 0.4) is 0 Å². The van der Waals surface area contributed by atoms with Gasteiger partial charge in [-0.25, -0.2) is 0 Å². The number of methoxy groups -OCH3 is 2. The monoisotopic (exact) mass is 190 g/mol. The third kappa shape index (κ3) is 2.00. The largest absolute Gasteiger partial charge is 0.388 e. The van der Waals surface area contributed by atoms with Gasteiger partial charge in [0.05, 0.1) is 0 Å². The maximum Gasteiger partial charge on any atom is 0.109 e. The van der Waals surface area contributed by atoms with E-state index in [2.05, 4.69) is 0 Å². The minimum Gasteiger partial charge on any atom is -0.388 e. The first-order valence-electron chi connectivity index (χ1n) is 4.36. The van der Waals surface area contributed by atoms with Crippen molar-refractivity contribution in [2.24, 2.45) is 11.5 Å². The fourth-order valence-corrected chi connectivity index (χ4v) is 1.90. The molecule has 1 rings (SSSR count). The molecule has 1 unspecified atom stereocenters. The summed E-state index contributed by atoms with van der Waals surface area (Å²) >= 11 is 0. The SMILES string of the molecule is CO[C@@H]1C(O)[C@H](OC)[C@@H](N)C[C@H]1N. The molecule has 13 heavy (non-hydrogen) atoms. The Hall–Kier alpha value is -0.200. The Morgan fingerprint density at radius 2 is 1.46 bits per heavy atom. The number of ether oxygens (including phenoxy) is 2. The summed E-state index contributed by atoms with van der Waals surface area (Å²) in [5, 5.41) is 9.76. The van der Waals surface area contributed by atoms with Crippen molar-refractivity contribution >= 4 is 0 Å². The van der Waals surface area contributed by atoms with Crippen LogP contribution in [0.2, 0.25) is 0 Å². The molecular formula is C8H18N2O3. The summed E-state index contributed by atoms with van der Waals surface area (Å²) in [5.41, 5.74) is 11.5. The van der Waals surface area contributed by atoms with Crippen LogP contribution in [-0.2, 0) is 9.47 Å². The molecule has 0 aromatic carbocycles. The van der Waals surface area contributed by atoms with Gasteiger partial charge >= 0.3 is 0 Å². The first-order valence-corrected chi connectivity index (χ1v) is 4.36. The lowest BCUT2D eigenvalue weighted by Gasteiger charge is -2.40. The van der Waals surface area contributed by atoms with E-state index in [1.807, 2.05) is 0 Å². The van der Waals surface area contributed by atoms with Crippen molar-refractivity contribution < 1.29 is 14.6 Å². The molecule has 1 fully saturated rings. The number of aliphatic hydroxyl groups is 1. The second-order valence-corrected chi connectivity index (χ2v) is 3.45. The van der Waals surface area contributed by atoms with Crippen LogP contribution in [0.15, 0.2) is 0 Å². The zero-order valence-corrected chi connectivity index (χ0v) is 8.01.